The summed E-state index contributed by atoms with van der Waals surface area (Å²) in [4.78, 5) is 4.88. The van der Waals surface area contributed by atoms with Crippen LogP contribution in [0.2, 0.25) is 0 Å². The SMILES string of the molecule is CCNC(=NCC1(CC)CCC1)NCC1(SC)CCOCC1.I. The summed E-state index contributed by atoms with van der Waals surface area (Å²) < 4.78 is 5.82. The average molecular weight is 455 g/mol. The smallest absolute Gasteiger partial charge is 0.191 e. The molecule has 2 aliphatic rings. The summed E-state index contributed by atoms with van der Waals surface area (Å²) >= 11 is 1.97. The second kappa shape index (κ2) is 10.3. The highest BCUT2D eigenvalue weighted by Crippen LogP contribution is 2.43. The molecule has 1 saturated carbocycles. The maximum absolute atomic E-state index is 5.52. The molecule has 0 amide bonds. The van der Waals surface area contributed by atoms with E-state index in [0.29, 0.717) is 10.2 Å². The number of hydrogen-bond acceptors (Lipinski definition) is 3. The van der Waals surface area contributed by atoms with Gasteiger partial charge in [-0.15, -0.1) is 24.0 Å². The maximum atomic E-state index is 5.52. The van der Waals surface area contributed by atoms with E-state index in [0.717, 1.165) is 51.6 Å². The van der Waals surface area contributed by atoms with Crippen LogP contribution < -0.4 is 10.6 Å². The molecule has 2 rings (SSSR count). The van der Waals surface area contributed by atoms with Gasteiger partial charge in [0, 0.05) is 37.6 Å². The monoisotopic (exact) mass is 455 g/mol. The van der Waals surface area contributed by atoms with Crippen LogP contribution in [0.1, 0.15) is 52.4 Å². The summed E-state index contributed by atoms with van der Waals surface area (Å²) in [6.07, 6.45) is 9.79. The Kier molecular flexibility index (Phi) is 9.59. The normalized spacial score (nSPS) is 22.7. The van der Waals surface area contributed by atoms with Crippen LogP contribution in [0.4, 0.5) is 0 Å². The molecule has 2 N–H and O–H groups in total. The zero-order valence-corrected chi connectivity index (χ0v) is 18.1. The predicted octanol–water partition coefficient (Wildman–Crippen LogP) is 3.65. The van der Waals surface area contributed by atoms with Crippen molar-refractivity contribution in [1.82, 2.24) is 10.6 Å². The Morgan fingerprint density at radius 1 is 1.13 bits per heavy atom. The van der Waals surface area contributed by atoms with Crippen LogP contribution in [0.15, 0.2) is 4.99 Å². The molecular formula is C17H34IN3OS. The van der Waals surface area contributed by atoms with E-state index in [-0.39, 0.29) is 24.0 Å². The molecule has 1 aliphatic heterocycles. The number of thioether (sulfide) groups is 1. The van der Waals surface area contributed by atoms with Crippen LogP contribution in [-0.2, 0) is 4.74 Å². The highest BCUT2D eigenvalue weighted by atomic mass is 127. The quantitative estimate of drug-likeness (QED) is 0.350. The molecule has 1 aliphatic carbocycles. The molecular weight excluding hydrogens is 421 g/mol. The molecule has 6 heteroatoms. The van der Waals surface area contributed by atoms with Crippen LogP contribution in [0.3, 0.4) is 0 Å². The number of nitrogens with zero attached hydrogens (tertiary/aromatic N) is 1. The van der Waals surface area contributed by atoms with Gasteiger partial charge >= 0.3 is 0 Å². The highest BCUT2D eigenvalue weighted by Gasteiger charge is 2.35. The summed E-state index contributed by atoms with van der Waals surface area (Å²) in [6, 6.07) is 0. The van der Waals surface area contributed by atoms with Crippen molar-refractivity contribution >= 4 is 41.7 Å². The van der Waals surface area contributed by atoms with Crippen molar-refractivity contribution in [3.8, 4) is 0 Å². The maximum Gasteiger partial charge on any atom is 0.191 e. The van der Waals surface area contributed by atoms with Gasteiger partial charge in [0.25, 0.3) is 0 Å². The summed E-state index contributed by atoms with van der Waals surface area (Å²) in [7, 11) is 0. The second-order valence-corrected chi connectivity index (χ2v) is 8.03. The van der Waals surface area contributed by atoms with E-state index in [1.54, 1.807) is 0 Å². The third-order valence-electron chi connectivity index (χ3n) is 5.50. The van der Waals surface area contributed by atoms with Crippen LogP contribution >= 0.6 is 35.7 Å². The van der Waals surface area contributed by atoms with Gasteiger partial charge in [0.15, 0.2) is 5.96 Å². The first kappa shape index (κ1) is 21.4. The lowest BCUT2D eigenvalue weighted by Crippen LogP contribution is -2.48. The summed E-state index contributed by atoms with van der Waals surface area (Å²) in [5.41, 5.74) is 0.484. The first-order chi connectivity index (χ1) is 10.7. The van der Waals surface area contributed by atoms with Crippen molar-refractivity contribution in [2.75, 3.05) is 39.1 Å². The van der Waals surface area contributed by atoms with Gasteiger partial charge in [0.2, 0.25) is 0 Å². The van der Waals surface area contributed by atoms with Gasteiger partial charge in [-0.2, -0.15) is 11.8 Å². The molecule has 1 heterocycles. The molecule has 136 valence electrons. The fourth-order valence-corrected chi connectivity index (χ4v) is 4.12. The van der Waals surface area contributed by atoms with E-state index in [1.165, 1.54) is 25.7 Å². The van der Waals surface area contributed by atoms with Gasteiger partial charge in [0.1, 0.15) is 0 Å². The molecule has 23 heavy (non-hydrogen) atoms. The Bertz CT molecular complexity index is 363. The van der Waals surface area contributed by atoms with Crippen LogP contribution in [0, 0.1) is 5.41 Å². The van der Waals surface area contributed by atoms with Crippen molar-refractivity contribution in [3.63, 3.8) is 0 Å². The van der Waals surface area contributed by atoms with Crippen LogP contribution in [-0.4, -0.2) is 49.8 Å². The minimum absolute atomic E-state index is 0. The lowest BCUT2D eigenvalue weighted by atomic mass is 9.67. The number of guanidine groups is 1. The van der Waals surface area contributed by atoms with E-state index < -0.39 is 0 Å². The number of rotatable bonds is 7. The van der Waals surface area contributed by atoms with E-state index >= 15 is 0 Å². The molecule has 0 atom stereocenters. The summed E-state index contributed by atoms with van der Waals surface area (Å²) in [5.74, 6) is 0.988. The first-order valence-electron chi connectivity index (χ1n) is 8.83. The molecule has 2 fully saturated rings. The van der Waals surface area contributed by atoms with E-state index in [1.807, 2.05) is 11.8 Å². The standard InChI is InChI=1S/C17H33N3OS.HI/c1-4-16(7-6-8-16)13-19-15(18-5-2)20-14-17(22-3)9-11-21-12-10-17;/h4-14H2,1-3H3,(H2,18,19,20);1H. The fourth-order valence-electron chi connectivity index (χ4n) is 3.33. The fraction of sp³-hybridized carbons (Fsp3) is 0.941. The van der Waals surface area contributed by atoms with Gasteiger partial charge in [-0.3, -0.25) is 4.99 Å². The molecule has 0 aromatic heterocycles. The molecule has 0 radical (unpaired) electrons. The van der Waals surface area contributed by atoms with E-state index in [4.69, 9.17) is 9.73 Å². The molecule has 1 saturated heterocycles. The second-order valence-electron chi connectivity index (χ2n) is 6.76. The van der Waals surface area contributed by atoms with Crippen molar-refractivity contribution in [2.45, 2.75) is 57.1 Å². The molecule has 4 nitrogen and oxygen atoms in total. The zero-order chi connectivity index (χ0) is 15.9. The van der Waals surface area contributed by atoms with E-state index in [9.17, 15) is 0 Å². The first-order valence-corrected chi connectivity index (χ1v) is 10.1. The third kappa shape index (κ3) is 5.96. The minimum Gasteiger partial charge on any atom is -0.381 e. The Morgan fingerprint density at radius 2 is 1.83 bits per heavy atom. The van der Waals surface area contributed by atoms with Crippen molar-refractivity contribution in [3.05, 3.63) is 0 Å². The Balaban J connectivity index is 0.00000264. The molecule has 0 aromatic rings. The lowest BCUT2D eigenvalue weighted by molar-refractivity contribution is 0.0782. The lowest BCUT2D eigenvalue weighted by Gasteiger charge is -2.40. The number of hydrogen-bond donors (Lipinski definition) is 2. The third-order valence-corrected chi connectivity index (χ3v) is 6.91. The average Bonchev–Trinajstić information content (AvgIpc) is 2.52. The Labute approximate surface area is 163 Å². The highest BCUT2D eigenvalue weighted by molar-refractivity contribution is 14.0. The largest absolute Gasteiger partial charge is 0.381 e. The Morgan fingerprint density at radius 3 is 2.30 bits per heavy atom. The Hall–Kier alpha value is 0.310. The van der Waals surface area contributed by atoms with Gasteiger partial charge in [-0.25, -0.2) is 0 Å². The molecule has 0 unspecified atom stereocenters. The summed E-state index contributed by atoms with van der Waals surface area (Å²) in [6.45, 7) is 9.07. The molecule has 0 bridgehead atoms. The van der Waals surface area contributed by atoms with Crippen LogP contribution in [0.25, 0.3) is 0 Å². The number of halogens is 1. The topological polar surface area (TPSA) is 45.7 Å². The van der Waals surface area contributed by atoms with Gasteiger partial charge in [-0.1, -0.05) is 13.3 Å². The van der Waals surface area contributed by atoms with Crippen molar-refractivity contribution in [1.29, 1.82) is 0 Å². The number of ether oxygens (including phenoxy) is 1. The molecule has 0 aromatic carbocycles. The minimum atomic E-state index is 0. The van der Waals surface area contributed by atoms with Gasteiger partial charge < -0.3 is 15.4 Å². The van der Waals surface area contributed by atoms with Gasteiger partial charge in [0.05, 0.1) is 0 Å². The number of aliphatic imine (C=N–C) groups is 1. The zero-order valence-electron chi connectivity index (χ0n) is 15.0. The van der Waals surface area contributed by atoms with Crippen molar-refractivity contribution < 1.29 is 4.74 Å². The summed E-state index contributed by atoms with van der Waals surface area (Å²) in [5, 5.41) is 7.00. The number of nitrogens with one attached hydrogen (secondary N) is 2. The van der Waals surface area contributed by atoms with Crippen LogP contribution in [0.5, 0.6) is 0 Å². The predicted molar refractivity (Wildman–Crippen MR) is 112 cm³/mol. The van der Waals surface area contributed by atoms with Gasteiger partial charge in [-0.05, 0) is 50.7 Å². The molecule has 0 spiro atoms. The van der Waals surface area contributed by atoms with E-state index in [2.05, 4.69) is 30.7 Å². The van der Waals surface area contributed by atoms with Crippen molar-refractivity contribution in [2.24, 2.45) is 10.4 Å².